The smallest absolute Gasteiger partial charge is 0.325 e. The molecule has 0 saturated carbocycles. The molecule has 18 heavy (non-hydrogen) atoms. The van der Waals surface area contributed by atoms with E-state index in [0.29, 0.717) is 11.6 Å². The fourth-order valence-electron chi connectivity index (χ4n) is 1.11. The predicted octanol–water partition coefficient (Wildman–Crippen LogP) is 2.11. The van der Waals surface area contributed by atoms with Crippen LogP contribution in [0, 0.1) is 0 Å². The minimum atomic E-state index is -0.428. The third-order valence-electron chi connectivity index (χ3n) is 1.92. The van der Waals surface area contributed by atoms with Gasteiger partial charge in [0, 0.05) is 9.92 Å². The number of carbonyl (C=O) groups is 2. The fourth-order valence-corrected chi connectivity index (χ4v) is 1.97. The Morgan fingerprint density at radius 1 is 1.33 bits per heavy atom. The first-order chi connectivity index (χ1) is 8.61. The van der Waals surface area contributed by atoms with Crippen molar-refractivity contribution in [3.8, 4) is 0 Å². The highest BCUT2D eigenvalue weighted by Gasteiger charge is 2.06. The van der Waals surface area contributed by atoms with Gasteiger partial charge >= 0.3 is 5.97 Å². The maximum Gasteiger partial charge on any atom is 0.325 e. The molecule has 1 amide bonds. The van der Waals surface area contributed by atoms with Crippen molar-refractivity contribution in [2.75, 3.05) is 18.9 Å². The third kappa shape index (κ3) is 5.93. The first-order valence-electron chi connectivity index (χ1n) is 5.42. The largest absolute Gasteiger partial charge is 0.465 e. The second-order valence-corrected chi connectivity index (χ2v) is 4.81. The normalized spacial score (nSPS) is 9.89. The zero-order valence-electron chi connectivity index (χ0n) is 9.94. The lowest BCUT2D eigenvalue weighted by Gasteiger charge is -2.05. The Labute approximate surface area is 115 Å². The van der Waals surface area contributed by atoms with Gasteiger partial charge in [-0.3, -0.25) is 9.59 Å². The zero-order valence-corrected chi connectivity index (χ0v) is 11.5. The molecule has 1 aromatic carbocycles. The molecular weight excluding hydrogens is 274 g/mol. The Morgan fingerprint density at radius 3 is 2.61 bits per heavy atom. The van der Waals surface area contributed by atoms with E-state index in [2.05, 4.69) is 5.32 Å². The quantitative estimate of drug-likeness (QED) is 0.643. The summed E-state index contributed by atoms with van der Waals surface area (Å²) >= 11 is 7.13. The lowest BCUT2D eigenvalue weighted by molar-refractivity contribution is -0.143. The maximum absolute atomic E-state index is 11.4. The molecular formula is C12H14ClNO3S. The molecule has 0 spiro atoms. The van der Waals surface area contributed by atoms with E-state index in [9.17, 15) is 9.59 Å². The molecule has 6 heteroatoms. The van der Waals surface area contributed by atoms with Gasteiger partial charge in [0.05, 0.1) is 12.4 Å². The van der Waals surface area contributed by atoms with Gasteiger partial charge in [-0.25, -0.2) is 0 Å². The van der Waals surface area contributed by atoms with Crippen molar-refractivity contribution in [1.29, 1.82) is 0 Å². The molecule has 0 radical (unpaired) electrons. The Hall–Kier alpha value is -1.20. The van der Waals surface area contributed by atoms with Crippen LogP contribution in [-0.4, -0.2) is 30.8 Å². The maximum atomic E-state index is 11.4. The second kappa shape index (κ2) is 8.00. The van der Waals surface area contributed by atoms with Crippen molar-refractivity contribution in [3.05, 3.63) is 29.3 Å². The second-order valence-electron chi connectivity index (χ2n) is 3.32. The van der Waals surface area contributed by atoms with Crippen molar-refractivity contribution < 1.29 is 14.3 Å². The Balaban J connectivity index is 2.24. The summed E-state index contributed by atoms with van der Waals surface area (Å²) in [4.78, 5) is 23.4. The van der Waals surface area contributed by atoms with Crippen LogP contribution in [0.4, 0.5) is 0 Å². The number of halogens is 1. The summed E-state index contributed by atoms with van der Waals surface area (Å²) in [6.45, 7) is 1.94. The van der Waals surface area contributed by atoms with Gasteiger partial charge in [0.1, 0.15) is 6.54 Å². The molecule has 1 N–H and O–H groups in total. The average Bonchev–Trinajstić information content (AvgIpc) is 2.36. The first kappa shape index (κ1) is 14.9. The number of rotatable bonds is 6. The van der Waals surface area contributed by atoms with E-state index in [1.165, 1.54) is 11.8 Å². The monoisotopic (exact) mass is 287 g/mol. The van der Waals surface area contributed by atoms with Gasteiger partial charge < -0.3 is 10.1 Å². The van der Waals surface area contributed by atoms with Crippen LogP contribution < -0.4 is 5.32 Å². The molecule has 0 aromatic heterocycles. The van der Waals surface area contributed by atoms with E-state index in [4.69, 9.17) is 16.3 Å². The van der Waals surface area contributed by atoms with Gasteiger partial charge in [0.25, 0.3) is 0 Å². The topological polar surface area (TPSA) is 55.4 Å². The minimum absolute atomic E-state index is 0.0894. The van der Waals surface area contributed by atoms with E-state index in [1.807, 2.05) is 12.1 Å². The van der Waals surface area contributed by atoms with Crippen molar-refractivity contribution in [1.82, 2.24) is 5.32 Å². The summed E-state index contributed by atoms with van der Waals surface area (Å²) in [7, 11) is 0. The molecule has 98 valence electrons. The van der Waals surface area contributed by atoms with E-state index in [1.54, 1.807) is 19.1 Å². The summed E-state index contributed by atoms with van der Waals surface area (Å²) in [6.07, 6.45) is 0. The number of ether oxygens (including phenoxy) is 1. The summed E-state index contributed by atoms with van der Waals surface area (Å²) in [6, 6.07) is 7.21. The number of nitrogens with one attached hydrogen (secondary N) is 1. The fraction of sp³-hybridized carbons (Fsp3) is 0.333. The summed E-state index contributed by atoms with van der Waals surface area (Å²) in [5.74, 6) is -0.383. The lowest BCUT2D eigenvalue weighted by Crippen LogP contribution is -2.31. The summed E-state index contributed by atoms with van der Waals surface area (Å²) in [5, 5.41) is 3.15. The van der Waals surface area contributed by atoms with E-state index in [-0.39, 0.29) is 18.2 Å². The summed E-state index contributed by atoms with van der Waals surface area (Å²) < 4.78 is 4.69. The Morgan fingerprint density at radius 2 is 2.00 bits per heavy atom. The van der Waals surface area contributed by atoms with Crippen LogP contribution >= 0.6 is 23.4 Å². The van der Waals surface area contributed by atoms with Crippen LogP contribution in [0.2, 0.25) is 5.02 Å². The number of benzene rings is 1. The van der Waals surface area contributed by atoms with Crippen molar-refractivity contribution in [3.63, 3.8) is 0 Å². The molecule has 0 unspecified atom stereocenters. The van der Waals surface area contributed by atoms with Gasteiger partial charge in [-0.1, -0.05) is 11.6 Å². The number of esters is 1. The van der Waals surface area contributed by atoms with Crippen molar-refractivity contribution in [2.45, 2.75) is 11.8 Å². The molecule has 0 aliphatic carbocycles. The molecule has 0 aliphatic heterocycles. The highest BCUT2D eigenvalue weighted by atomic mass is 35.5. The molecule has 1 rings (SSSR count). The Bertz CT molecular complexity index is 408. The van der Waals surface area contributed by atoms with Gasteiger partial charge in [0.2, 0.25) is 5.91 Å². The zero-order chi connectivity index (χ0) is 13.4. The SMILES string of the molecule is CCOC(=O)CNC(=O)CSc1ccc(Cl)cc1. The lowest BCUT2D eigenvalue weighted by atomic mass is 10.4. The summed E-state index contributed by atoms with van der Waals surface area (Å²) in [5.41, 5.74) is 0. The predicted molar refractivity (Wildman–Crippen MR) is 71.8 cm³/mol. The highest BCUT2D eigenvalue weighted by molar-refractivity contribution is 8.00. The van der Waals surface area contributed by atoms with Crippen LogP contribution in [0.25, 0.3) is 0 Å². The Kier molecular flexibility index (Phi) is 6.60. The number of amides is 1. The van der Waals surface area contributed by atoms with Crippen LogP contribution in [0.1, 0.15) is 6.92 Å². The van der Waals surface area contributed by atoms with E-state index >= 15 is 0 Å². The standard InChI is InChI=1S/C12H14ClNO3S/c1-2-17-12(16)7-14-11(15)8-18-10-5-3-9(13)4-6-10/h3-6H,2,7-8H2,1H3,(H,14,15). The van der Waals surface area contributed by atoms with Gasteiger partial charge in [0.15, 0.2) is 0 Å². The molecule has 0 bridgehead atoms. The van der Waals surface area contributed by atoms with Gasteiger partial charge in [-0.15, -0.1) is 11.8 Å². The number of carbonyl (C=O) groups excluding carboxylic acids is 2. The third-order valence-corrected chi connectivity index (χ3v) is 3.18. The molecule has 4 nitrogen and oxygen atoms in total. The van der Waals surface area contributed by atoms with Crippen LogP contribution in [0.3, 0.4) is 0 Å². The number of thioether (sulfide) groups is 1. The van der Waals surface area contributed by atoms with Crippen LogP contribution in [0.15, 0.2) is 29.2 Å². The molecule has 0 aliphatic rings. The van der Waals surface area contributed by atoms with Crippen molar-refractivity contribution >= 4 is 35.2 Å². The number of hydrogen-bond acceptors (Lipinski definition) is 4. The molecule has 0 fully saturated rings. The van der Waals surface area contributed by atoms with Crippen LogP contribution in [0.5, 0.6) is 0 Å². The molecule has 1 aromatic rings. The van der Waals surface area contributed by atoms with E-state index in [0.717, 1.165) is 4.90 Å². The number of hydrogen-bond donors (Lipinski definition) is 1. The first-order valence-corrected chi connectivity index (χ1v) is 6.79. The van der Waals surface area contributed by atoms with Crippen LogP contribution in [-0.2, 0) is 14.3 Å². The molecule has 0 atom stereocenters. The molecule has 0 saturated heterocycles. The van der Waals surface area contributed by atoms with E-state index < -0.39 is 5.97 Å². The van der Waals surface area contributed by atoms with Gasteiger partial charge in [-0.05, 0) is 31.2 Å². The highest BCUT2D eigenvalue weighted by Crippen LogP contribution is 2.19. The average molecular weight is 288 g/mol. The van der Waals surface area contributed by atoms with Crippen molar-refractivity contribution in [2.24, 2.45) is 0 Å². The minimum Gasteiger partial charge on any atom is -0.465 e. The van der Waals surface area contributed by atoms with Gasteiger partial charge in [-0.2, -0.15) is 0 Å². The molecule has 0 heterocycles.